The Bertz CT molecular complexity index is 688. The van der Waals surface area contributed by atoms with Crippen LogP contribution in [0.25, 0.3) is 0 Å². The highest BCUT2D eigenvalue weighted by Gasteiger charge is 2.21. The number of aryl methyl sites for hydroxylation is 1. The summed E-state index contributed by atoms with van der Waals surface area (Å²) in [6.07, 6.45) is 2.26. The van der Waals surface area contributed by atoms with Crippen LogP contribution in [0.5, 0.6) is 11.6 Å². The van der Waals surface area contributed by atoms with Crippen LogP contribution in [-0.4, -0.2) is 28.9 Å². The summed E-state index contributed by atoms with van der Waals surface area (Å²) in [6, 6.07) is 5.79. The van der Waals surface area contributed by atoms with Gasteiger partial charge in [0, 0.05) is 24.7 Å². The van der Waals surface area contributed by atoms with Gasteiger partial charge >= 0.3 is 6.61 Å². The number of hydrogen-bond donors (Lipinski definition) is 1. The molecule has 3 rings (SSSR count). The lowest BCUT2D eigenvalue weighted by atomic mass is 10.2. The topological polar surface area (TPSA) is 65.4 Å². The highest BCUT2D eigenvalue weighted by Crippen LogP contribution is 2.24. The number of nitrogens with zero attached hydrogens (tertiary/aromatic N) is 2. The van der Waals surface area contributed by atoms with Crippen LogP contribution in [0.15, 0.2) is 30.5 Å². The molecular weight excluding hydrogens is 296 g/mol. The normalized spacial score (nSPS) is 13.4. The van der Waals surface area contributed by atoms with Crippen molar-refractivity contribution in [1.29, 1.82) is 0 Å². The first-order valence-electron chi connectivity index (χ1n) is 6.68. The van der Waals surface area contributed by atoms with Crippen LogP contribution in [0, 0.1) is 0 Å². The first kappa shape index (κ1) is 14.3. The molecule has 0 spiro atoms. The number of hydrogen-bond acceptors (Lipinski definition) is 4. The summed E-state index contributed by atoms with van der Waals surface area (Å²) in [5.74, 6) is -0.0258. The van der Waals surface area contributed by atoms with E-state index in [9.17, 15) is 13.6 Å². The first-order chi connectivity index (χ1) is 10.6. The van der Waals surface area contributed by atoms with Crippen molar-refractivity contribution in [3.63, 3.8) is 0 Å². The monoisotopic (exact) mass is 309 g/mol. The minimum absolute atomic E-state index is 0.0268. The lowest BCUT2D eigenvalue weighted by Crippen LogP contribution is -2.18. The molecule has 2 heterocycles. The predicted molar refractivity (Wildman–Crippen MR) is 73.4 cm³/mol. The Kier molecular flexibility index (Phi) is 3.90. The molecule has 0 atom stereocenters. The number of ether oxygens (including phenoxy) is 2. The summed E-state index contributed by atoms with van der Waals surface area (Å²) in [5, 5.41) is 6.69. The number of alkyl halides is 2. The molecule has 6 nitrogen and oxygen atoms in total. The van der Waals surface area contributed by atoms with Crippen molar-refractivity contribution in [3.8, 4) is 11.6 Å². The molecule has 116 valence electrons. The predicted octanol–water partition coefficient (Wildman–Crippen LogP) is 2.52. The SMILES string of the molecule is O=C(Nc1cccc(OC(F)F)c1)c1cnn2c1OCCC2. The van der Waals surface area contributed by atoms with E-state index in [1.165, 1.54) is 24.4 Å². The number of nitrogens with one attached hydrogen (secondary N) is 1. The number of carbonyl (C=O) groups excluding carboxylic acids is 1. The van der Waals surface area contributed by atoms with Gasteiger partial charge < -0.3 is 14.8 Å². The van der Waals surface area contributed by atoms with Crippen molar-refractivity contribution in [2.24, 2.45) is 0 Å². The lowest BCUT2D eigenvalue weighted by molar-refractivity contribution is -0.0497. The van der Waals surface area contributed by atoms with Crippen LogP contribution < -0.4 is 14.8 Å². The third-order valence-corrected chi connectivity index (χ3v) is 3.11. The molecular formula is C14H13F2N3O3. The van der Waals surface area contributed by atoms with Gasteiger partial charge in [-0.3, -0.25) is 4.79 Å². The Labute approximate surface area is 124 Å². The Morgan fingerprint density at radius 1 is 1.45 bits per heavy atom. The van der Waals surface area contributed by atoms with E-state index in [-0.39, 0.29) is 5.75 Å². The average Bonchev–Trinajstić information content (AvgIpc) is 2.91. The molecule has 0 bridgehead atoms. The fourth-order valence-corrected chi connectivity index (χ4v) is 2.17. The van der Waals surface area contributed by atoms with Crippen LogP contribution in [0.2, 0.25) is 0 Å². The number of rotatable bonds is 4. The van der Waals surface area contributed by atoms with Crippen molar-refractivity contribution < 1.29 is 23.0 Å². The number of halogens is 2. The van der Waals surface area contributed by atoms with E-state index in [1.807, 2.05) is 0 Å². The molecule has 0 aliphatic carbocycles. The summed E-state index contributed by atoms with van der Waals surface area (Å²) in [6.45, 7) is -1.69. The van der Waals surface area contributed by atoms with Gasteiger partial charge in [0.25, 0.3) is 5.91 Å². The van der Waals surface area contributed by atoms with E-state index in [4.69, 9.17) is 4.74 Å². The van der Waals surface area contributed by atoms with Gasteiger partial charge in [-0.05, 0) is 12.1 Å². The summed E-state index contributed by atoms with van der Waals surface area (Å²) >= 11 is 0. The number of amides is 1. The van der Waals surface area contributed by atoms with E-state index < -0.39 is 12.5 Å². The molecule has 2 aromatic rings. The molecule has 1 aliphatic heterocycles. The molecule has 0 radical (unpaired) electrons. The van der Waals surface area contributed by atoms with Gasteiger partial charge in [0.15, 0.2) is 0 Å². The number of carbonyl (C=O) groups is 1. The first-order valence-corrected chi connectivity index (χ1v) is 6.68. The number of benzene rings is 1. The third-order valence-electron chi connectivity index (χ3n) is 3.11. The quantitative estimate of drug-likeness (QED) is 0.942. The van der Waals surface area contributed by atoms with Gasteiger partial charge in [0.1, 0.15) is 11.3 Å². The molecule has 1 aliphatic rings. The zero-order valence-corrected chi connectivity index (χ0v) is 11.5. The zero-order valence-electron chi connectivity index (χ0n) is 11.5. The van der Waals surface area contributed by atoms with Gasteiger partial charge in [-0.15, -0.1) is 0 Å². The summed E-state index contributed by atoms with van der Waals surface area (Å²) in [7, 11) is 0. The molecule has 0 unspecified atom stereocenters. The van der Waals surface area contributed by atoms with E-state index in [1.54, 1.807) is 10.7 Å². The standard InChI is InChI=1S/C14H13F2N3O3/c15-14(16)22-10-4-1-3-9(7-10)18-12(20)11-8-17-19-5-2-6-21-13(11)19/h1,3-4,7-8,14H,2,5-6H2,(H,18,20). The van der Waals surface area contributed by atoms with Crippen molar-refractivity contribution in [1.82, 2.24) is 9.78 Å². The highest BCUT2D eigenvalue weighted by atomic mass is 19.3. The minimum atomic E-state index is -2.91. The molecule has 0 fully saturated rings. The molecule has 22 heavy (non-hydrogen) atoms. The van der Waals surface area contributed by atoms with Crippen molar-refractivity contribution in [3.05, 3.63) is 36.0 Å². The Balaban J connectivity index is 1.75. The van der Waals surface area contributed by atoms with Crippen LogP contribution in [0.1, 0.15) is 16.8 Å². The average molecular weight is 309 g/mol. The third kappa shape index (κ3) is 3.00. The fourth-order valence-electron chi connectivity index (χ4n) is 2.17. The van der Waals surface area contributed by atoms with Crippen LogP contribution in [0.4, 0.5) is 14.5 Å². The molecule has 1 aromatic heterocycles. The lowest BCUT2D eigenvalue weighted by Gasteiger charge is -2.16. The van der Waals surface area contributed by atoms with Crippen molar-refractivity contribution in [2.75, 3.05) is 11.9 Å². The smallest absolute Gasteiger partial charge is 0.387 e. The number of anilines is 1. The summed E-state index contributed by atoms with van der Waals surface area (Å²) in [4.78, 5) is 12.2. The van der Waals surface area contributed by atoms with Crippen LogP contribution >= 0.6 is 0 Å². The Hall–Kier alpha value is -2.64. The van der Waals surface area contributed by atoms with E-state index in [0.29, 0.717) is 30.3 Å². The zero-order chi connectivity index (χ0) is 15.5. The Morgan fingerprint density at radius 2 is 2.32 bits per heavy atom. The summed E-state index contributed by atoms with van der Waals surface area (Å²) < 4.78 is 35.7. The van der Waals surface area contributed by atoms with Gasteiger partial charge in [-0.1, -0.05) is 6.07 Å². The second-order valence-corrected chi connectivity index (χ2v) is 4.65. The largest absolute Gasteiger partial charge is 0.477 e. The molecule has 1 N–H and O–H groups in total. The molecule has 0 saturated heterocycles. The minimum Gasteiger partial charge on any atom is -0.477 e. The van der Waals surface area contributed by atoms with Crippen LogP contribution in [-0.2, 0) is 6.54 Å². The van der Waals surface area contributed by atoms with Gasteiger partial charge in [0.2, 0.25) is 5.88 Å². The molecule has 8 heteroatoms. The van der Waals surface area contributed by atoms with Crippen molar-refractivity contribution >= 4 is 11.6 Å². The number of aromatic nitrogens is 2. The van der Waals surface area contributed by atoms with Crippen LogP contribution in [0.3, 0.4) is 0 Å². The van der Waals surface area contributed by atoms with E-state index in [2.05, 4.69) is 15.2 Å². The molecule has 1 amide bonds. The maximum absolute atomic E-state index is 12.2. The van der Waals surface area contributed by atoms with E-state index >= 15 is 0 Å². The van der Waals surface area contributed by atoms with Gasteiger partial charge in [0.05, 0.1) is 12.8 Å². The second-order valence-electron chi connectivity index (χ2n) is 4.65. The molecule has 1 aromatic carbocycles. The second kappa shape index (κ2) is 6.00. The van der Waals surface area contributed by atoms with E-state index in [0.717, 1.165) is 6.42 Å². The van der Waals surface area contributed by atoms with Gasteiger partial charge in [-0.25, -0.2) is 4.68 Å². The number of fused-ring (bicyclic) bond motifs is 1. The van der Waals surface area contributed by atoms with Gasteiger partial charge in [-0.2, -0.15) is 13.9 Å². The molecule has 0 saturated carbocycles. The Morgan fingerprint density at radius 3 is 3.14 bits per heavy atom. The fraction of sp³-hybridized carbons (Fsp3) is 0.286. The summed E-state index contributed by atoms with van der Waals surface area (Å²) in [5.41, 5.74) is 0.652. The maximum atomic E-state index is 12.2. The maximum Gasteiger partial charge on any atom is 0.387 e. The van der Waals surface area contributed by atoms with Crippen molar-refractivity contribution in [2.45, 2.75) is 19.6 Å². The highest BCUT2D eigenvalue weighted by molar-refractivity contribution is 6.05.